The van der Waals surface area contributed by atoms with Crippen molar-refractivity contribution < 1.29 is 0 Å². The Bertz CT molecular complexity index is 6030. The van der Waals surface area contributed by atoms with Crippen LogP contribution in [0.5, 0.6) is 0 Å². The number of hydrogen-bond acceptors (Lipinski definition) is 7. The Morgan fingerprint density at radius 2 is 0.771 bits per heavy atom. The third kappa shape index (κ3) is 14.2. The third-order valence-electron chi connectivity index (χ3n) is 21.4. The minimum absolute atomic E-state index is 0.816. The van der Waals surface area contributed by atoms with Gasteiger partial charge in [0.2, 0.25) is 0 Å². The van der Waals surface area contributed by atoms with Crippen LogP contribution >= 0.6 is 0 Å². The Balaban J connectivity index is 0.000000108. The molecule has 0 saturated heterocycles. The van der Waals surface area contributed by atoms with Gasteiger partial charge in [0.15, 0.2) is 0 Å². The molecule has 8 aromatic carbocycles. The number of nitrogens with zero attached hydrogens (tertiary/aromatic N) is 11. The van der Waals surface area contributed by atoms with Gasteiger partial charge >= 0.3 is 0 Å². The summed E-state index contributed by atoms with van der Waals surface area (Å²) in [5.74, 6) is 6.57. The second-order valence-corrected chi connectivity index (χ2v) is 29.4. The fourth-order valence-electron chi connectivity index (χ4n) is 15.9. The van der Waals surface area contributed by atoms with Crippen molar-refractivity contribution in [2.24, 2.45) is 0 Å². The van der Waals surface area contributed by atoms with Crippen molar-refractivity contribution in [2.75, 3.05) is 54.4 Å². The number of hydrogen-bond donors (Lipinski definition) is 0. The molecule has 520 valence electrons. The van der Waals surface area contributed by atoms with Gasteiger partial charge in [0.25, 0.3) is 0 Å². The van der Waals surface area contributed by atoms with Gasteiger partial charge in [-0.3, -0.25) is 19.1 Å². The highest BCUT2D eigenvalue weighted by Crippen LogP contribution is 2.37. The quantitative estimate of drug-likeness (QED) is 0.163. The molecule has 4 aliphatic heterocycles. The predicted molar refractivity (Wildman–Crippen MR) is 438 cm³/mol. The summed E-state index contributed by atoms with van der Waals surface area (Å²) in [6.07, 6.45) is 18.9. The first-order valence-corrected chi connectivity index (χ1v) is 36.9. The largest absolute Gasteiger partial charge is 0.320 e. The lowest BCUT2D eigenvalue weighted by Crippen LogP contribution is -2.27. The summed E-state index contributed by atoms with van der Waals surface area (Å²) in [5.41, 5.74) is 29.1. The van der Waals surface area contributed by atoms with Crippen LogP contribution in [0.2, 0.25) is 0 Å². The van der Waals surface area contributed by atoms with Gasteiger partial charge in [0.1, 0.15) is 5.69 Å². The van der Waals surface area contributed by atoms with Crippen molar-refractivity contribution in [2.45, 2.75) is 86.5 Å². The zero-order valence-electron chi connectivity index (χ0n) is 61.8. The van der Waals surface area contributed by atoms with Gasteiger partial charge in [0, 0.05) is 182 Å². The molecule has 0 bridgehead atoms. The first-order valence-electron chi connectivity index (χ1n) is 36.9. The molecule has 7 aromatic heterocycles. The van der Waals surface area contributed by atoms with E-state index < -0.39 is 0 Å². The van der Waals surface area contributed by atoms with Gasteiger partial charge < -0.3 is 28.7 Å². The highest BCUT2D eigenvalue weighted by molar-refractivity contribution is 5.95. The molecule has 0 N–H and O–H groups in total. The van der Waals surface area contributed by atoms with E-state index in [0.29, 0.717) is 0 Å². The van der Waals surface area contributed by atoms with Crippen molar-refractivity contribution in [1.29, 1.82) is 0 Å². The third-order valence-corrected chi connectivity index (χ3v) is 21.4. The topological polar surface area (TPSA) is 71.4 Å². The van der Waals surface area contributed by atoms with Crippen LogP contribution in [0.25, 0.3) is 101 Å². The molecule has 4 aliphatic rings. The Kier molecular flexibility index (Phi) is 19.0. The van der Waals surface area contributed by atoms with Gasteiger partial charge in [-0.1, -0.05) is 131 Å². The molecule has 11 heterocycles. The zero-order valence-corrected chi connectivity index (χ0v) is 61.8. The second kappa shape index (κ2) is 29.4. The number of aryl methyl sites for hydroxylation is 5. The first kappa shape index (κ1) is 68.0. The normalized spacial score (nSPS) is 14.6. The number of rotatable bonds is 4. The van der Waals surface area contributed by atoms with E-state index in [1.165, 1.54) is 133 Å². The maximum atomic E-state index is 4.59. The van der Waals surface area contributed by atoms with Crippen LogP contribution < -0.4 is 0 Å². The van der Waals surface area contributed by atoms with Gasteiger partial charge in [-0.25, -0.2) is 4.98 Å². The zero-order chi connectivity index (χ0) is 71.8. The lowest BCUT2D eigenvalue weighted by molar-refractivity contribution is 0.311. The molecule has 0 fully saturated rings. The van der Waals surface area contributed by atoms with Crippen molar-refractivity contribution in [3.63, 3.8) is 0 Å². The maximum Gasteiger partial charge on any atom is 0.115 e. The highest BCUT2D eigenvalue weighted by Gasteiger charge is 2.26. The van der Waals surface area contributed by atoms with Crippen LogP contribution in [-0.2, 0) is 51.9 Å². The smallest absolute Gasteiger partial charge is 0.115 e. The average Bonchev–Trinajstić information content (AvgIpc) is 1.63. The Labute approximate surface area is 616 Å². The van der Waals surface area contributed by atoms with Gasteiger partial charge in [-0.05, 0) is 215 Å². The summed E-state index contributed by atoms with van der Waals surface area (Å²) in [6, 6.07) is 73.6. The van der Waals surface area contributed by atoms with Crippen LogP contribution in [0.1, 0.15) is 95.2 Å². The van der Waals surface area contributed by atoms with E-state index in [-0.39, 0.29) is 0 Å². The fraction of sp³-hybridized carbons (Fsp3) is 0.223. The van der Waals surface area contributed by atoms with E-state index in [1.807, 2.05) is 55.8 Å². The summed E-state index contributed by atoms with van der Waals surface area (Å²) >= 11 is 0. The van der Waals surface area contributed by atoms with Gasteiger partial charge in [0.05, 0.1) is 33.1 Å². The maximum absolute atomic E-state index is 4.59. The molecule has 105 heavy (non-hydrogen) atoms. The van der Waals surface area contributed by atoms with Crippen molar-refractivity contribution in [3.8, 4) is 23.9 Å². The van der Waals surface area contributed by atoms with E-state index in [4.69, 9.17) is 0 Å². The average molecular weight is 1370 g/mol. The molecule has 0 atom stereocenters. The standard InChI is InChI=1S/C25H24N2.C24H23N3.C24H21N3.C21H21N3/c1-18-10-11-24-22(16-18)23-17-26(2)14-13-25(23)27(24)15-12-20-8-5-7-19-6-3-4-9-21(19)20;2*1-17-7-8-23-20(13-17)21-16-26(2)11-10-24(21)27(23)12-9-18-14-19-5-3-4-6-22(19)25-15-18;1-15-5-7-20-18(12-15)19-14-23(3)10-9-21(19)24(20)11-8-17-6-4-16(2)13-22-17/h3-12,15-16H,13-14,17H2,1-2H3;3-9,12-15H,10-11,16H2,1-2H3;3-8,13-15H,10-11,16H2,1-2H3;4-7,12-13H,9-10,14H2,1-3H3/b15-12+;12-9+;;. The molecule has 19 rings (SSSR count). The highest BCUT2D eigenvalue weighted by atomic mass is 15.1. The molecular formula is C94H89N11. The van der Waals surface area contributed by atoms with Crippen molar-refractivity contribution in [1.82, 2.24) is 52.8 Å². The Hall–Kier alpha value is -11.4. The summed E-state index contributed by atoms with van der Waals surface area (Å²) < 4.78 is 9.18. The van der Waals surface area contributed by atoms with E-state index >= 15 is 0 Å². The monoisotopic (exact) mass is 1370 g/mol. The van der Waals surface area contributed by atoms with Crippen LogP contribution in [0.15, 0.2) is 207 Å². The van der Waals surface area contributed by atoms with E-state index in [0.717, 1.165) is 117 Å². The lowest BCUT2D eigenvalue weighted by Gasteiger charge is -2.23. The number of fused-ring (bicyclic) bond motifs is 15. The number of likely N-dealkylation sites (N-methyl/N-ethyl adjacent to an activating group) is 4. The molecule has 0 unspecified atom stereocenters. The first-order chi connectivity index (χ1) is 51.2. The summed E-state index contributed by atoms with van der Waals surface area (Å²) in [6.45, 7) is 19.1. The van der Waals surface area contributed by atoms with E-state index in [1.54, 1.807) is 0 Å². The second-order valence-electron chi connectivity index (χ2n) is 29.4. The van der Waals surface area contributed by atoms with Gasteiger partial charge in [-0.2, -0.15) is 0 Å². The van der Waals surface area contributed by atoms with E-state index in [2.05, 4.69) is 315 Å². The van der Waals surface area contributed by atoms with Crippen molar-refractivity contribution in [3.05, 3.63) is 302 Å². The molecule has 0 amide bonds. The molecule has 0 saturated carbocycles. The van der Waals surface area contributed by atoms with Crippen LogP contribution in [0.4, 0.5) is 0 Å². The minimum atomic E-state index is 0.816. The summed E-state index contributed by atoms with van der Waals surface area (Å²) in [5, 5.41) is 10.4. The van der Waals surface area contributed by atoms with E-state index in [9.17, 15) is 0 Å². The summed E-state index contributed by atoms with van der Waals surface area (Å²) in [4.78, 5) is 23.1. The van der Waals surface area contributed by atoms with Crippen LogP contribution in [0.3, 0.4) is 0 Å². The molecule has 0 spiro atoms. The molecule has 11 nitrogen and oxygen atoms in total. The van der Waals surface area contributed by atoms with Crippen LogP contribution in [-0.4, -0.2) is 107 Å². The Morgan fingerprint density at radius 3 is 1.30 bits per heavy atom. The van der Waals surface area contributed by atoms with Crippen LogP contribution in [0, 0.1) is 58.5 Å². The number of pyridine rings is 3. The number of benzene rings is 8. The SMILES string of the molecule is Cc1ccc(C#Cn2c3c(c4cc(C)ccc42)CN(C)CC3)nc1.Cc1ccc2c(c1)c1c(n2/C=C/c2cccc3ccccc23)CCN(C)C1.Cc1ccc2c(c1)c1c(n2/C=C/c2cnc3ccccc3c2)CCN(C)C1.Cc1ccc2c(c1)c1c(n2C#Cc2cnc3ccccc3c2)CCN(C)C1. The predicted octanol–water partition coefficient (Wildman–Crippen LogP) is 18.7. The molecule has 15 aromatic rings. The molecule has 0 aliphatic carbocycles. The van der Waals surface area contributed by atoms with Crippen molar-refractivity contribution >= 4 is 101 Å². The lowest BCUT2D eigenvalue weighted by atomic mass is 10.0. The number of para-hydroxylation sites is 2. The van der Waals surface area contributed by atoms with Gasteiger partial charge in [-0.15, -0.1) is 0 Å². The fourth-order valence-corrected chi connectivity index (χ4v) is 15.9. The molecule has 11 heteroatoms. The molecule has 0 radical (unpaired) electrons. The minimum Gasteiger partial charge on any atom is -0.320 e. The molecular weight excluding hydrogens is 1280 g/mol. The number of aromatic nitrogens is 7. The Morgan fingerprint density at radius 1 is 0.343 bits per heavy atom. The summed E-state index contributed by atoms with van der Waals surface area (Å²) in [7, 11) is 8.80.